The third-order valence-corrected chi connectivity index (χ3v) is 4.62. The van der Waals surface area contributed by atoms with Crippen LogP contribution in [0.1, 0.15) is 77.5 Å². The fourth-order valence-corrected chi connectivity index (χ4v) is 2.80. The standard InChI is InChI=1S/C19H25N3O3/c1-5-12(3)13-7-9-14(10-8-13)16(6-2)21-18(23)17-15(19(24)25)11-20-22(17)4/h7-12,16H,5-6H2,1-4H3,(H,21,23)(H,24,25)/t12-,16+/m1/s1. The van der Waals surface area contributed by atoms with E-state index in [-0.39, 0.29) is 17.3 Å². The predicted molar refractivity (Wildman–Crippen MR) is 95.8 cm³/mol. The normalized spacial score (nSPS) is 13.3. The van der Waals surface area contributed by atoms with Gasteiger partial charge in [-0.2, -0.15) is 5.10 Å². The average molecular weight is 343 g/mol. The highest BCUT2D eigenvalue weighted by Gasteiger charge is 2.23. The van der Waals surface area contributed by atoms with Gasteiger partial charge in [0.2, 0.25) is 0 Å². The zero-order valence-corrected chi connectivity index (χ0v) is 15.1. The smallest absolute Gasteiger partial charge is 0.339 e. The van der Waals surface area contributed by atoms with Crippen molar-refractivity contribution < 1.29 is 14.7 Å². The Morgan fingerprint density at radius 1 is 1.16 bits per heavy atom. The van der Waals surface area contributed by atoms with Crippen molar-refractivity contribution in [1.29, 1.82) is 0 Å². The van der Waals surface area contributed by atoms with E-state index >= 15 is 0 Å². The van der Waals surface area contributed by atoms with Crippen LogP contribution in [0.3, 0.4) is 0 Å². The number of carbonyl (C=O) groups excluding carboxylic acids is 1. The molecule has 6 nitrogen and oxygen atoms in total. The molecule has 2 atom stereocenters. The summed E-state index contributed by atoms with van der Waals surface area (Å²) in [4.78, 5) is 23.8. The maximum atomic E-state index is 12.6. The maximum absolute atomic E-state index is 12.6. The Labute approximate surface area is 147 Å². The minimum atomic E-state index is -1.16. The van der Waals surface area contributed by atoms with Gasteiger partial charge < -0.3 is 10.4 Å². The van der Waals surface area contributed by atoms with E-state index in [4.69, 9.17) is 0 Å². The van der Waals surface area contributed by atoms with E-state index in [1.54, 1.807) is 7.05 Å². The van der Waals surface area contributed by atoms with Gasteiger partial charge in [-0.1, -0.05) is 45.0 Å². The van der Waals surface area contributed by atoms with Crippen LogP contribution in [0.25, 0.3) is 0 Å². The second kappa shape index (κ2) is 7.96. The molecule has 0 bridgehead atoms. The number of nitrogens with one attached hydrogen (secondary N) is 1. The second-order valence-corrected chi connectivity index (χ2v) is 6.25. The molecule has 0 aliphatic carbocycles. The number of hydrogen-bond acceptors (Lipinski definition) is 3. The summed E-state index contributed by atoms with van der Waals surface area (Å²) in [6.45, 7) is 6.32. The number of carboxylic acid groups (broad SMARTS) is 1. The summed E-state index contributed by atoms with van der Waals surface area (Å²) in [5.41, 5.74) is 2.23. The number of aromatic nitrogens is 2. The average Bonchev–Trinajstić information content (AvgIpc) is 3.01. The van der Waals surface area contributed by atoms with Gasteiger partial charge in [0.05, 0.1) is 12.2 Å². The summed E-state index contributed by atoms with van der Waals surface area (Å²) in [6, 6.07) is 8.04. The topological polar surface area (TPSA) is 84.2 Å². The largest absolute Gasteiger partial charge is 0.478 e. The van der Waals surface area contributed by atoms with E-state index in [1.165, 1.54) is 16.4 Å². The van der Waals surface area contributed by atoms with Crippen molar-refractivity contribution in [2.24, 2.45) is 7.05 Å². The van der Waals surface area contributed by atoms with Gasteiger partial charge in [0.1, 0.15) is 11.3 Å². The molecule has 0 spiro atoms. The van der Waals surface area contributed by atoms with E-state index in [2.05, 4.69) is 36.4 Å². The van der Waals surface area contributed by atoms with Crippen LogP contribution in [0, 0.1) is 0 Å². The quantitative estimate of drug-likeness (QED) is 0.806. The number of carboxylic acids is 1. The van der Waals surface area contributed by atoms with Gasteiger partial charge in [0.25, 0.3) is 5.91 Å². The number of rotatable bonds is 7. The summed E-state index contributed by atoms with van der Waals surface area (Å²) < 4.78 is 1.29. The molecule has 0 saturated heterocycles. The van der Waals surface area contributed by atoms with Gasteiger partial charge in [-0.05, 0) is 29.9 Å². The molecule has 0 aliphatic heterocycles. The molecule has 0 unspecified atom stereocenters. The van der Waals surface area contributed by atoms with Crippen LogP contribution >= 0.6 is 0 Å². The van der Waals surface area contributed by atoms with Gasteiger partial charge in [-0.25, -0.2) is 4.79 Å². The van der Waals surface area contributed by atoms with Crippen molar-refractivity contribution in [3.8, 4) is 0 Å². The molecule has 1 amide bonds. The van der Waals surface area contributed by atoms with Gasteiger partial charge in [-0.3, -0.25) is 9.48 Å². The first kappa shape index (κ1) is 18.7. The third kappa shape index (κ3) is 4.07. The van der Waals surface area contributed by atoms with E-state index in [0.717, 1.165) is 12.0 Å². The number of aromatic carboxylic acids is 1. The molecule has 0 saturated carbocycles. The van der Waals surface area contributed by atoms with Crippen LogP contribution in [-0.4, -0.2) is 26.8 Å². The molecule has 1 heterocycles. The molecule has 134 valence electrons. The number of carbonyl (C=O) groups is 2. The number of aryl methyl sites for hydroxylation is 1. The lowest BCUT2D eigenvalue weighted by Gasteiger charge is -2.19. The van der Waals surface area contributed by atoms with Crippen LogP contribution in [0.5, 0.6) is 0 Å². The molecule has 0 fully saturated rings. The molecule has 0 aliphatic rings. The number of nitrogens with zero attached hydrogens (tertiary/aromatic N) is 2. The lowest BCUT2D eigenvalue weighted by molar-refractivity contribution is 0.0690. The first-order valence-electron chi connectivity index (χ1n) is 8.55. The zero-order valence-electron chi connectivity index (χ0n) is 15.1. The highest BCUT2D eigenvalue weighted by atomic mass is 16.4. The zero-order chi connectivity index (χ0) is 18.6. The Morgan fingerprint density at radius 2 is 1.76 bits per heavy atom. The second-order valence-electron chi connectivity index (χ2n) is 6.25. The van der Waals surface area contributed by atoms with Gasteiger partial charge in [-0.15, -0.1) is 0 Å². The summed E-state index contributed by atoms with van der Waals surface area (Å²) in [5, 5.41) is 16.0. The fraction of sp³-hybridized carbons (Fsp3) is 0.421. The van der Waals surface area contributed by atoms with E-state index in [1.807, 2.05) is 19.1 Å². The first-order chi connectivity index (χ1) is 11.9. The molecule has 2 rings (SSSR count). The van der Waals surface area contributed by atoms with Crippen molar-refractivity contribution in [3.05, 3.63) is 52.8 Å². The van der Waals surface area contributed by atoms with E-state index in [9.17, 15) is 14.7 Å². The summed E-state index contributed by atoms with van der Waals surface area (Å²) >= 11 is 0. The fourth-order valence-electron chi connectivity index (χ4n) is 2.80. The first-order valence-corrected chi connectivity index (χ1v) is 8.55. The van der Waals surface area contributed by atoms with Crippen molar-refractivity contribution in [1.82, 2.24) is 15.1 Å². The van der Waals surface area contributed by atoms with E-state index < -0.39 is 11.9 Å². The molecule has 25 heavy (non-hydrogen) atoms. The Kier molecular flexibility index (Phi) is 5.96. The monoisotopic (exact) mass is 343 g/mol. The predicted octanol–water partition coefficient (Wildman–Crippen LogP) is 3.51. The highest BCUT2D eigenvalue weighted by molar-refractivity contribution is 6.03. The molecular formula is C19H25N3O3. The Hall–Kier alpha value is -2.63. The lowest BCUT2D eigenvalue weighted by Crippen LogP contribution is -2.31. The minimum absolute atomic E-state index is 0.0576. The van der Waals surface area contributed by atoms with Crippen LogP contribution in [0.15, 0.2) is 30.5 Å². The van der Waals surface area contributed by atoms with Crippen LogP contribution in [0.2, 0.25) is 0 Å². The summed E-state index contributed by atoms with van der Waals surface area (Å²) in [5.74, 6) is -1.10. The van der Waals surface area contributed by atoms with Crippen LogP contribution in [0.4, 0.5) is 0 Å². The Balaban J connectivity index is 2.21. The summed E-state index contributed by atoms with van der Waals surface area (Å²) in [6.07, 6.45) is 2.97. The molecule has 1 aromatic carbocycles. The number of hydrogen-bond donors (Lipinski definition) is 2. The molecule has 0 radical (unpaired) electrons. The minimum Gasteiger partial charge on any atom is -0.478 e. The van der Waals surface area contributed by atoms with Crippen LogP contribution in [-0.2, 0) is 7.05 Å². The van der Waals surface area contributed by atoms with Crippen molar-refractivity contribution in [2.45, 2.75) is 45.6 Å². The van der Waals surface area contributed by atoms with Crippen molar-refractivity contribution in [2.75, 3.05) is 0 Å². The SMILES string of the molecule is CC[C@@H](C)c1ccc([C@H](CC)NC(=O)c2c(C(=O)O)cnn2C)cc1. The molecule has 1 aromatic heterocycles. The van der Waals surface area contributed by atoms with Gasteiger partial charge in [0, 0.05) is 7.05 Å². The highest BCUT2D eigenvalue weighted by Crippen LogP contribution is 2.23. The molecular weight excluding hydrogens is 318 g/mol. The van der Waals surface area contributed by atoms with Crippen molar-refractivity contribution in [3.63, 3.8) is 0 Å². The third-order valence-electron chi connectivity index (χ3n) is 4.62. The Bertz CT molecular complexity index is 750. The lowest BCUT2D eigenvalue weighted by atomic mass is 9.95. The van der Waals surface area contributed by atoms with E-state index in [0.29, 0.717) is 12.3 Å². The number of amides is 1. The molecule has 6 heteroatoms. The molecule has 2 aromatic rings. The van der Waals surface area contributed by atoms with Crippen molar-refractivity contribution >= 4 is 11.9 Å². The Morgan fingerprint density at radius 3 is 2.28 bits per heavy atom. The van der Waals surface area contributed by atoms with Gasteiger partial charge >= 0.3 is 5.97 Å². The summed E-state index contributed by atoms with van der Waals surface area (Å²) in [7, 11) is 1.56. The maximum Gasteiger partial charge on any atom is 0.339 e. The van der Waals surface area contributed by atoms with Crippen LogP contribution < -0.4 is 5.32 Å². The molecule has 2 N–H and O–H groups in total. The number of benzene rings is 1. The van der Waals surface area contributed by atoms with Gasteiger partial charge in [0.15, 0.2) is 0 Å².